The molecule has 0 amide bonds. The Morgan fingerprint density at radius 2 is 2.19 bits per heavy atom. The van der Waals surface area contributed by atoms with E-state index in [1.807, 2.05) is 6.07 Å². The van der Waals surface area contributed by atoms with Crippen molar-refractivity contribution in [3.63, 3.8) is 0 Å². The molecule has 8 nitrogen and oxygen atoms in total. The van der Waals surface area contributed by atoms with Crippen LogP contribution in [0.3, 0.4) is 0 Å². The van der Waals surface area contributed by atoms with Gasteiger partial charge in [0.2, 0.25) is 0 Å². The quantitative estimate of drug-likeness (QED) is 0.782. The number of ether oxygens (including phenoxy) is 1. The molecule has 0 unspecified atom stereocenters. The topological polar surface area (TPSA) is 123 Å². The van der Waals surface area contributed by atoms with E-state index in [1.165, 1.54) is 4.68 Å². The van der Waals surface area contributed by atoms with Crippen LogP contribution in [0.15, 0.2) is 0 Å². The second-order valence-electron chi connectivity index (χ2n) is 5.10. The van der Waals surface area contributed by atoms with Gasteiger partial charge in [0.25, 0.3) is 0 Å². The summed E-state index contributed by atoms with van der Waals surface area (Å²) in [6.07, 6.45) is 2.82. The SMILES string of the molecule is CS(=O)(=O)CCn1nc(NC2CCOCC2)c(C#N)c1N. The summed E-state index contributed by atoms with van der Waals surface area (Å²) in [5, 5.41) is 16.6. The lowest BCUT2D eigenvalue weighted by molar-refractivity contribution is 0.0903. The van der Waals surface area contributed by atoms with Crippen molar-refractivity contribution in [1.29, 1.82) is 5.26 Å². The Bertz CT molecular complexity index is 641. The summed E-state index contributed by atoms with van der Waals surface area (Å²) in [7, 11) is -3.11. The number of sulfone groups is 1. The van der Waals surface area contributed by atoms with Crippen molar-refractivity contribution >= 4 is 21.5 Å². The van der Waals surface area contributed by atoms with Crippen LogP contribution in [-0.2, 0) is 21.1 Å². The fourth-order valence-electron chi connectivity index (χ4n) is 2.14. The molecule has 2 heterocycles. The van der Waals surface area contributed by atoms with E-state index in [0.717, 1.165) is 19.1 Å². The van der Waals surface area contributed by atoms with Gasteiger partial charge in [-0.3, -0.25) is 0 Å². The molecule has 116 valence electrons. The number of nitrogen functional groups attached to an aromatic ring is 1. The number of nitrogens with zero attached hydrogens (tertiary/aromatic N) is 3. The van der Waals surface area contributed by atoms with Crippen LogP contribution in [0.2, 0.25) is 0 Å². The third-order valence-electron chi connectivity index (χ3n) is 3.34. The van der Waals surface area contributed by atoms with Gasteiger partial charge in [0.05, 0.1) is 12.3 Å². The first-order valence-electron chi connectivity index (χ1n) is 6.69. The average molecular weight is 313 g/mol. The Hall–Kier alpha value is -1.79. The molecule has 9 heteroatoms. The number of nitrogens with one attached hydrogen (secondary N) is 1. The molecule has 0 aliphatic carbocycles. The van der Waals surface area contributed by atoms with E-state index in [2.05, 4.69) is 10.4 Å². The van der Waals surface area contributed by atoms with Crippen LogP contribution in [0.5, 0.6) is 0 Å². The Labute approximate surface area is 123 Å². The second kappa shape index (κ2) is 6.32. The molecule has 1 aromatic heterocycles. The summed E-state index contributed by atoms with van der Waals surface area (Å²) in [6, 6.07) is 2.20. The molecule has 3 N–H and O–H groups in total. The molecule has 0 aromatic carbocycles. The van der Waals surface area contributed by atoms with E-state index in [4.69, 9.17) is 10.5 Å². The van der Waals surface area contributed by atoms with Crippen LogP contribution in [-0.4, -0.2) is 49.5 Å². The minimum absolute atomic E-state index is 0.0690. The molecule has 0 spiro atoms. The smallest absolute Gasteiger partial charge is 0.168 e. The maximum Gasteiger partial charge on any atom is 0.168 e. The van der Waals surface area contributed by atoms with Gasteiger partial charge in [-0.1, -0.05) is 0 Å². The minimum Gasteiger partial charge on any atom is -0.383 e. The molecular weight excluding hydrogens is 294 g/mol. The molecule has 0 bridgehead atoms. The second-order valence-corrected chi connectivity index (χ2v) is 7.36. The van der Waals surface area contributed by atoms with Gasteiger partial charge in [-0.2, -0.15) is 10.4 Å². The molecule has 1 aliphatic heterocycles. The van der Waals surface area contributed by atoms with Crippen molar-refractivity contribution in [2.75, 3.05) is 36.3 Å². The number of hydrogen-bond acceptors (Lipinski definition) is 7. The summed E-state index contributed by atoms with van der Waals surface area (Å²) < 4.78 is 29.1. The first kappa shape index (κ1) is 15.6. The third-order valence-corrected chi connectivity index (χ3v) is 4.26. The fourth-order valence-corrected chi connectivity index (χ4v) is 2.65. The summed E-state index contributed by atoms with van der Waals surface area (Å²) >= 11 is 0. The molecule has 21 heavy (non-hydrogen) atoms. The number of anilines is 2. The maximum absolute atomic E-state index is 11.2. The number of nitriles is 1. The average Bonchev–Trinajstić information content (AvgIpc) is 2.72. The Balaban J connectivity index is 2.15. The number of aromatic nitrogens is 2. The first-order chi connectivity index (χ1) is 9.90. The van der Waals surface area contributed by atoms with Crippen molar-refractivity contribution in [2.45, 2.75) is 25.4 Å². The van der Waals surface area contributed by atoms with E-state index < -0.39 is 9.84 Å². The number of aryl methyl sites for hydroxylation is 1. The van der Waals surface area contributed by atoms with Crippen LogP contribution in [0, 0.1) is 11.3 Å². The summed E-state index contributed by atoms with van der Waals surface area (Å²) in [5.74, 6) is 0.534. The maximum atomic E-state index is 11.2. The van der Waals surface area contributed by atoms with Crippen LogP contribution >= 0.6 is 0 Å². The zero-order valence-corrected chi connectivity index (χ0v) is 12.7. The van der Waals surface area contributed by atoms with Crippen LogP contribution < -0.4 is 11.1 Å². The molecule has 1 fully saturated rings. The molecular formula is C12H19N5O3S. The summed E-state index contributed by atoms with van der Waals surface area (Å²) in [6.45, 7) is 1.47. The number of nitrogens with two attached hydrogens (primary N) is 1. The Morgan fingerprint density at radius 3 is 2.76 bits per heavy atom. The van der Waals surface area contributed by atoms with Crippen molar-refractivity contribution in [1.82, 2.24) is 9.78 Å². The monoisotopic (exact) mass is 313 g/mol. The summed E-state index contributed by atoms with van der Waals surface area (Å²) in [5.41, 5.74) is 6.13. The van der Waals surface area contributed by atoms with Gasteiger partial charge in [-0.25, -0.2) is 13.1 Å². The van der Waals surface area contributed by atoms with E-state index in [9.17, 15) is 13.7 Å². The van der Waals surface area contributed by atoms with E-state index >= 15 is 0 Å². The Kier molecular flexibility index (Phi) is 4.69. The molecule has 0 saturated carbocycles. The van der Waals surface area contributed by atoms with Crippen molar-refractivity contribution in [3.05, 3.63) is 5.56 Å². The summed E-state index contributed by atoms with van der Waals surface area (Å²) in [4.78, 5) is 0. The van der Waals surface area contributed by atoms with Gasteiger partial charge in [-0.05, 0) is 12.8 Å². The number of rotatable bonds is 5. The number of hydrogen-bond donors (Lipinski definition) is 2. The van der Waals surface area contributed by atoms with Crippen LogP contribution in [0.25, 0.3) is 0 Å². The highest BCUT2D eigenvalue weighted by Gasteiger charge is 2.20. The highest BCUT2D eigenvalue weighted by molar-refractivity contribution is 7.90. The fraction of sp³-hybridized carbons (Fsp3) is 0.667. The minimum atomic E-state index is -3.11. The zero-order chi connectivity index (χ0) is 15.5. The standard InChI is InChI=1S/C12H19N5O3S/c1-21(18,19)7-4-17-11(14)10(8-13)12(16-17)15-9-2-5-20-6-3-9/h9H,2-7,14H2,1H3,(H,15,16). The highest BCUT2D eigenvalue weighted by Crippen LogP contribution is 2.23. The molecule has 1 aromatic rings. The predicted molar refractivity (Wildman–Crippen MR) is 78.5 cm³/mol. The zero-order valence-electron chi connectivity index (χ0n) is 11.9. The first-order valence-corrected chi connectivity index (χ1v) is 8.75. The van der Waals surface area contributed by atoms with Gasteiger partial charge in [0.1, 0.15) is 27.3 Å². The molecule has 1 saturated heterocycles. The van der Waals surface area contributed by atoms with E-state index in [0.29, 0.717) is 19.0 Å². The Morgan fingerprint density at radius 1 is 1.52 bits per heavy atom. The predicted octanol–water partition coefficient (Wildman–Crippen LogP) is -0.0275. The van der Waals surface area contributed by atoms with Crippen molar-refractivity contribution in [2.24, 2.45) is 0 Å². The molecule has 0 atom stereocenters. The highest BCUT2D eigenvalue weighted by atomic mass is 32.2. The van der Waals surface area contributed by atoms with Gasteiger partial charge in [0, 0.05) is 25.5 Å². The van der Waals surface area contributed by atoms with Gasteiger partial charge in [0.15, 0.2) is 5.82 Å². The lowest BCUT2D eigenvalue weighted by Crippen LogP contribution is -2.28. The van der Waals surface area contributed by atoms with E-state index in [-0.39, 0.29) is 29.7 Å². The van der Waals surface area contributed by atoms with E-state index in [1.54, 1.807) is 0 Å². The van der Waals surface area contributed by atoms with Gasteiger partial charge < -0.3 is 15.8 Å². The van der Waals surface area contributed by atoms with Gasteiger partial charge >= 0.3 is 0 Å². The molecule has 0 radical (unpaired) electrons. The largest absolute Gasteiger partial charge is 0.383 e. The lowest BCUT2D eigenvalue weighted by atomic mass is 10.1. The van der Waals surface area contributed by atoms with Crippen LogP contribution in [0.1, 0.15) is 18.4 Å². The van der Waals surface area contributed by atoms with Crippen molar-refractivity contribution < 1.29 is 13.2 Å². The van der Waals surface area contributed by atoms with Crippen LogP contribution in [0.4, 0.5) is 11.6 Å². The lowest BCUT2D eigenvalue weighted by Gasteiger charge is -2.22. The molecule has 2 rings (SSSR count). The van der Waals surface area contributed by atoms with Gasteiger partial charge in [-0.15, -0.1) is 0 Å². The third kappa shape index (κ3) is 4.09. The normalized spacial score (nSPS) is 16.6. The van der Waals surface area contributed by atoms with Crippen molar-refractivity contribution in [3.8, 4) is 6.07 Å². The molecule has 1 aliphatic rings.